The van der Waals surface area contributed by atoms with Crippen LogP contribution in [0.1, 0.15) is 51.0 Å². The van der Waals surface area contributed by atoms with Gasteiger partial charge in [-0.15, -0.1) is 0 Å². The minimum Gasteiger partial charge on any atom is -0.371 e. The zero-order chi connectivity index (χ0) is 14.4. The van der Waals surface area contributed by atoms with Gasteiger partial charge in [-0.3, -0.25) is 0 Å². The fourth-order valence-corrected chi connectivity index (χ4v) is 3.41. The SMILES string of the molecule is CCN(CC1(C=O)CCCCCC1)c1ccccc1C. The molecule has 1 fully saturated rings. The van der Waals surface area contributed by atoms with E-state index in [1.54, 1.807) is 0 Å². The number of carbonyl (C=O) groups is 1. The van der Waals surface area contributed by atoms with Gasteiger partial charge in [0.05, 0.1) is 0 Å². The first-order valence-electron chi connectivity index (χ1n) is 7.98. The van der Waals surface area contributed by atoms with Crippen LogP contribution in [0.2, 0.25) is 0 Å². The first-order chi connectivity index (χ1) is 9.71. The van der Waals surface area contributed by atoms with Gasteiger partial charge in [0.1, 0.15) is 6.29 Å². The van der Waals surface area contributed by atoms with Gasteiger partial charge >= 0.3 is 0 Å². The molecular formula is C18H27NO. The van der Waals surface area contributed by atoms with Crippen LogP contribution in [0.4, 0.5) is 5.69 Å². The largest absolute Gasteiger partial charge is 0.371 e. The van der Waals surface area contributed by atoms with Crippen molar-refractivity contribution in [2.24, 2.45) is 5.41 Å². The van der Waals surface area contributed by atoms with Gasteiger partial charge in [-0.2, -0.15) is 0 Å². The van der Waals surface area contributed by atoms with Crippen LogP contribution in [-0.2, 0) is 4.79 Å². The molecule has 0 aromatic heterocycles. The monoisotopic (exact) mass is 273 g/mol. The normalized spacial score (nSPS) is 18.3. The lowest BCUT2D eigenvalue weighted by molar-refractivity contribution is -0.116. The Balaban J connectivity index is 2.19. The standard InChI is InChI=1S/C18H27NO/c1-3-19(17-11-7-6-10-16(17)2)14-18(15-20)12-8-4-5-9-13-18/h6-7,10-11,15H,3-5,8-9,12-14H2,1-2H3. The van der Waals surface area contributed by atoms with E-state index in [1.165, 1.54) is 43.2 Å². The predicted molar refractivity (Wildman–Crippen MR) is 85.3 cm³/mol. The van der Waals surface area contributed by atoms with Crippen molar-refractivity contribution in [2.75, 3.05) is 18.0 Å². The zero-order valence-corrected chi connectivity index (χ0v) is 12.9. The van der Waals surface area contributed by atoms with E-state index in [2.05, 4.69) is 43.0 Å². The summed E-state index contributed by atoms with van der Waals surface area (Å²) in [4.78, 5) is 14.2. The number of aldehydes is 1. The summed E-state index contributed by atoms with van der Waals surface area (Å²) in [5, 5.41) is 0. The molecule has 110 valence electrons. The van der Waals surface area contributed by atoms with Crippen molar-refractivity contribution in [1.82, 2.24) is 0 Å². The molecular weight excluding hydrogens is 246 g/mol. The van der Waals surface area contributed by atoms with E-state index < -0.39 is 0 Å². The Bertz CT molecular complexity index is 433. The van der Waals surface area contributed by atoms with Crippen molar-refractivity contribution < 1.29 is 4.79 Å². The van der Waals surface area contributed by atoms with Crippen LogP contribution in [0.25, 0.3) is 0 Å². The number of nitrogens with zero attached hydrogens (tertiary/aromatic N) is 1. The number of anilines is 1. The molecule has 0 aliphatic heterocycles. The maximum absolute atomic E-state index is 11.8. The molecule has 0 saturated heterocycles. The van der Waals surface area contributed by atoms with Crippen LogP contribution < -0.4 is 4.90 Å². The summed E-state index contributed by atoms with van der Waals surface area (Å²) in [6.45, 7) is 6.17. The van der Waals surface area contributed by atoms with Crippen LogP contribution in [0.3, 0.4) is 0 Å². The van der Waals surface area contributed by atoms with Gasteiger partial charge < -0.3 is 9.69 Å². The van der Waals surface area contributed by atoms with Crippen molar-refractivity contribution in [3.8, 4) is 0 Å². The average molecular weight is 273 g/mol. The topological polar surface area (TPSA) is 20.3 Å². The smallest absolute Gasteiger partial charge is 0.127 e. The van der Waals surface area contributed by atoms with Gasteiger partial charge in [0, 0.05) is 24.2 Å². The van der Waals surface area contributed by atoms with Gasteiger partial charge in [-0.25, -0.2) is 0 Å². The Kier molecular flexibility index (Phi) is 5.22. The lowest BCUT2D eigenvalue weighted by Crippen LogP contribution is -2.39. The molecule has 2 heteroatoms. The summed E-state index contributed by atoms with van der Waals surface area (Å²) in [5.41, 5.74) is 2.44. The fraction of sp³-hybridized carbons (Fsp3) is 0.611. The molecule has 1 saturated carbocycles. The summed E-state index contributed by atoms with van der Waals surface area (Å²) < 4.78 is 0. The van der Waals surface area contributed by atoms with E-state index in [9.17, 15) is 4.79 Å². The molecule has 1 aliphatic carbocycles. The molecule has 0 heterocycles. The lowest BCUT2D eigenvalue weighted by Gasteiger charge is -2.35. The molecule has 0 atom stereocenters. The third-order valence-electron chi connectivity index (χ3n) is 4.69. The molecule has 0 bridgehead atoms. The molecule has 0 amide bonds. The number of hydrogen-bond acceptors (Lipinski definition) is 2. The van der Waals surface area contributed by atoms with Crippen molar-refractivity contribution in [1.29, 1.82) is 0 Å². The highest BCUT2D eigenvalue weighted by atomic mass is 16.1. The maximum atomic E-state index is 11.8. The second-order valence-electron chi connectivity index (χ2n) is 6.20. The highest BCUT2D eigenvalue weighted by Gasteiger charge is 2.32. The molecule has 1 aromatic carbocycles. The van der Waals surface area contributed by atoms with E-state index in [1.807, 2.05) is 0 Å². The molecule has 0 unspecified atom stereocenters. The first kappa shape index (κ1) is 15.1. The minimum atomic E-state index is -0.130. The van der Waals surface area contributed by atoms with E-state index in [-0.39, 0.29) is 5.41 Å². The van der Waals surface area contributed by atoms with Crippen LogP contribution in [0.15, 0.2) is 24.3 Å². The Morgan fingerprint density at radius 2 is 1.80 bits per heavy atom. The summed E-state index contributed by atoms with van der Waals surface area (Å²) in [6, 6.07) is 8.49. The summed E-state index contributed by atoms with van der Waals surface area (Å²) >= 11 is 0. The number of carbonyl (C=O) groups excluding carboxylic acids is 1. The third-order valence-corrected chi connectivity index (χ3v) is 4.69. The molecule has 2 rings (SSSR count). The van der Waals surface area contributed by atoms with Crippen molar-refractivity contribution in [3.63, 3.8) is 0 Å². The van der Waals surface area contributed by atoms with Crippen LogP contribution in [0.5, 0.6) is 0 Å². The highest BCUT2D eigenvalue weighted by Crippen LogP contribution is 2.35. The molecule has 2 nitrogen and oxygen atoms in total. The summed E-state index contributed by atoms with van der Waals surface area (Å²) in [7, 11) is 0. The third kappa shape index (κ3) is 3.41. The summed E-state index contributed by atoms with van der Waals surface area (Å²) in [6.07, 6.45) is 8.32. The number of rotatable bonds is 5. The molecule has 1 aliphatic rings. The molecule has 1 aromatic rings. The van der Waals surface area contributed by atoms with Gasteiger partial charge in [0.25, 0.3) is 0 Å². The molecule has 20 heavy (non-hydrogen) atoms. The molecule has 0 spiro atoms. The Morgan fingerprint density at radius 3 is 2.35 bits per heavy atom. The Labute approximate surface area is 123 Å². The number of para-hydroxylation sites is 1. The van der Waals surface area contributed by atoms with Gasteiger partial charge in [-0.05, 0) is 38.3 Å². The number of hydrogen-bond donors (Lipinski definition) is 0. The van der Waals surface area contributed by atoms with E-state index >= 15 is 0 Å². The molecule has 0 N–H and O–H groups in total. The number of benzene rings is 1. The van der Waals surface area contributed by atoms with E-state index in [4.69, 9.17) is 0 Å². The highest BCUT2D eigenvalue weighted by molar-refractivity contribution is 5.62. The lowest BCUT2D eigenvalue weighted by atomic mass is 9.81. The predicted octanol–water partition coefficient (Wildman–Crippen LogP) is 4.36. The van der Waals surface area contributed by atoms with Gasteiger partial charge in [-0.1, -0.05) is 43.9 Å². The van der Waals surface area contributed by atoms with Crippen molar-refractivity contribution in [2.45, 2.75) is 52.4 Å². The Morgan fingerprint density at radius 1 is 1.15 bits per heavy atom. The molecule has 0 radical (unpaired) electrons. The van der Waals surface area contributed by atoms with Crippen molar-refractivity contribution in [3.05, 3.63) is 29.8 Å². The van der Waals surface area contributed by atoms with E-state index in [0.29, 0.717) is 0 Å². The second-order valence-corrected chi connectivity index (χ2v) is 6.20. The summed E-state index contributed by atoms with van der Waals surface area (Å²) in [5.74, 6) is 0. The van der Waals surface area contributed by atoms with Gasteiger partial charge in [0.15, 0.2) is 0 Å². The van der Waals surface area contributed by atoms with Crippen molar-refractivity contribution >= 4 is 12.0 Å². The van der Waals surface area contributed by atoms with Crippen LogP contribution >= 0.6 is 0 Å². The van der Waals surface area contributed by atoms with E-state index in [0.717, 1.165) is 25.9 Å². The fourth-order valence-electron chi connectivity index (χ4n) is 3.41. The van der Waals surface area contributed by atoms with Gasteiger partial charge in [0.2, 0.25) is 0 Å². The van der Waals surface area contributed by atoms with Crippen LogP contribution in [-0.4, -0.2) is 19.4 Å². The quantitative estimate of drug-likeness (QED) is 0.587. The number of aryl methyl sites for hydroxylation is 1. The first-order valence-corrected chi connectivity index (χ1v) is 7.98. The van der Waals surface area contributed by atoms with Crippen LogP contribution in [0, 0.1) is 12.3 Å². The maximum Gasteiger partial charge on any atom is 0.127 e. The Hall–Kier alpha value is -1.31. The zero-order valence-electron chi connectivity index (χ0n) is 12.9. The average Bonchev–Trinajstić information content (AvgIpc) is 2.72. The minimum absolute atomic E-state index is 0.130. The second kappa shape index (κ2) is 6.92.